The number of carbonyl (C=O) groups excluding carboxylic acids is 3. The molecule has 5 rings (SSSR count). The van der Waals surface area contributed by atoms with E-state index in [-0.39, 0.29) is 47.4 Å². The van der Waals surface area contributed by atoms with Gasteiger partial charge in [0, 0.05) is 41.5 Å². The molecule has 3 heterocycles. The van der Waals surface area contributed by atoms with Crippen molar-refractivity contribution in [2.75, 3.05) is 19.0 Å². The molecule has 0 unspecified atom stereocenters. The van der Waals surface area contributed by atoms with Crippen LogP contribution in [0.1, 0.15) is 55.5 Å². The fraction of sp³-hybridized carbons (Fsp3) is 0.312. The van der Waals surface area contributed by atoms with E-state index in [0.29, 0.717) is 47.3 Å². The lowest BCUT2D eigenvalue weighted by atomic mass is 9.92. The van der Waals surface area contributed by atoms with E-state index in [0.717, 1.165) is 12.1 Å². The van der Waals surface area contributed by atoms with Crippen molar-refractivity contribution in [2.45, 2.75) is 45.1 Å². The fourth-order valence-electron chi connectivity index (χ4n) is 5.66. The molecule has 8 nitrogen and oxygen atoms in total. The van der Waals surface area contributed by atoms with Gasteiger partial charge in [0.25, 0.3) is 0 Å². The topological polar surface area (TPSA) is 109 Å². The number of aromatic amines is 1. The Morgan fingerprint density at radius 1 is 1.09 bits per heavy atom. The number of ether oxygens (including phenoxy) is 1. The number of nitrogens with one attached hydrogen (secondary N) is 2. The number of H-pyrrole nitrogens is 1. The first-order valence-electron chi connectivity index (χ1n) is 14.0. The lowest BCUT2D eigenvalue weighted by Crippen LogP contribution is -2.38. The van der Waals surface area contributed by atoms with Gasteiger partial charge in [0.2, 0.25) is 17.4 Å². The van der Waals surface area contributed by atoms with Gasteiger partial charge in [0.05, 0.1) is 30.2 Å². The number of aromatic nitrogens is 1. The van der Waals surface area contributed by atoms with E-state index in [4.69, 9.17) is 16.3 Å². The summed E-state index contributed by atoms with van der Waals surface area (Å²) >= 11 is 5.88. The van der Waals surface area contributed by atoms with E-state index < -0.39 is 35.1 Å². The van der Waals surface area contributed by atoms with Crippen molar-refractivity contribution in [2.24, 2.45) is 5.92 Å². The summed E-state index contributed by atoms with van der Waals surface area (Å²) in [5.74, 6) is -3.20. The van der Waals surface area contributed by atoms with Gasteiger partial charge < -0.3 is 19.9 Å². The zero-order chi connectivity index (χ0) is 30.8. The molecular weight excluding hydrogens is 580 g/mol. The molecule has 0 fully saturated rings. The molecular formula is C32H30ClF2N3O5. The summed E-state index contributed by atoms with van der Waals surface area (Å²) in [6.45, 7) is 1.96. The second-order valence-corrected chi connectivity index (χ2v) is 11.2. The number of anilines is 1. The number of benzene rings is 2. The number of rotatable bonds is 4. The van der Waals surface area contributed by atoms with Crippen molar-refractivity contribution >= 4 is 40.6 Å². The van der Waals surface area contributed by atoms with E-state index in [1.807, 2.05) is 6.92 Å². The Morgan fingerprint density at radius 2 is 1.88 bits per heavy atom. The number of nitrogens with zero attached hydrogens (tertiary/aromatic N) is 1. The summed E-state index contributed by atoms with van der Waals surface area (Å²) in [7, 11) is 1.30. The predicted octanol–water partition coefficient (Wildman–Crippen LogP) is 5.80. The maximum atomic E-state index is 14.7. The van der Waals surface area contributed by atoms with E-state index in [1.165, 1.54) is 19.3 Å². The van der Waals surface area contributed by atoms with Crippen molar-refractivity contribution in [3.63, 3.8) is 0 Å². The molecule has 0 aliphatic carbocycles. The van der Waals surface area contributed by atoms with Crippen molar-refractivity contribution in [1.29, 1.82) is 0 Å². The van der Waals surface area contributed by atoms with Crippen LogP contribution in [0.2, 0.25) is 5.02 Å². The van der Waals surface area contributed by atoms with Crippen LogP contribution < -0.4 is 10.9 Å². The molecule has 43 heavy (non-hydrogen) atoms. The highest BCUT2D eigenvalue weighted by Crippen LogP contribution is 2.37. The smallest absolute Gasteiger partial charge is 0.309 e. The molecule has 0 radical (unpaired) electrons. The van der Waals surface area contributed by atoms with Gasteiger partial charge in [-0.1, -0.05) is 37.1 Å². The van der Waals surface area contributed by atoms with Crippen LogP contribution in [0.4, 0.5) is 14.5 Å². The van der Waals surface area contributed by atoms with E-state index in [2.05, 4.69) is 10.3 Å². The van der Waals surface area contributed by atoms with Crippen LogP contribution in [-0.2, 0) is 25.5 Å². The van der Waals surface area contributed by atoms with Crippen molar-refractivity contribution in [1.82, 2.24) is 9.88 Å². The standard InChI is InChI=1S/C32H30ClF2N3O5/c1-17-4-3-5-26(38-11-10-19(16-28(38)40)30-23(34)9-8-22(33)31(30)35)25-14-20(15-27(39)36-25)21-7-6-18(13-29(41)43-2)12-24(21)37-32(17)42/h6-9,12,14-17,26H,3-5,10-11,13H2,1-2H3,(H,36,39)(H,37,42)/t17-,26+/m1/s1. The average Bonchev–Trinajstić information content (AvgIpc) is 2.97. The number of esters is 1. The second kappa shape index (κ2) is 12.5. The first-order chi connectivity index (χ1) is 20.5. The van der Waals surface area contributed by atoms with Crippen LogP contribution >= 0.6 is 11.6 Å². The van der Waals surface area contributed by atoms with Gasteiger partial charge in [0.15, 0.2) is 5.82 Å². The van der Waals surface area contributed by atoms with Crippen LogP contribution in [-0.4, -0.2) is 41.3 Å². The molecule has 0 saturated heterocycles. The molecule has 224 valence electrons. The van der Waals surface area contributed by atoms with Crippen molar-refractivity contribution < 1.29 is 27.9 Å². The third kappa shape index (κ3) is 6.39. The highest BCUT2D eigenvalue weighted by Gasteiger charge is 2.31. The molecule has 2 aromatic carbocycles. The van der Waals surface area contributed by atoms with Gasteiger partial charge in [-0.25, -0.2) is 8.78 Å². The molecule has 2 aliphatic heterocycles. The SMILES string of the molecule is COC(=O)Cc1ccc2c(c1)NC(=O)[C@H](C)CCC[C@H](N1CCC(c3c(F)ccc(Cl)c3F)=CC1=O)c1cc-2cc(=O)[nH]1. The zero-order valence-corrected chi connectivity index (χ0v) is 24.4. The molecule has 0 saturated carbocycles. The highest BCUT2D eigenvalue weighted by molar-refractivity contribution is 6.31. The Bertz CT molecular complexity index is 1700. The van der Waals surface area contributed by atoms with Gasteiger partial charge in [-0.05, 0) is 60.2 Å². The number of carbonyl (C=O) groups is 3. The lowest BCUT2D eigenvalue weighted by molar-refractivity contribution is -0.139. The summed E-state index contributed by atoms with van der Waals surface area (Å²) in [6, 6.07) is 9.94. The molecule has 2 aliphatic rings. The number of hydrogen-bond acceptors (Lipinski definition) is 5. The lowest BCUT2D eigenvalue weighted by Gasteiger charge is -2.35. The van der Waals surface area contributed by atoms with Gasteiger partial charge in [-0.15, -0.1) is 0 Å². The normalized spacial score (nSPS) is 19.0. The van der Waals surface area contributed by atoms with Crippen LogP contribution in [0, 0.1) is 17.6 Å². The Kier molecular flexibility index (Phi) is 8.77. The Labute approximate surface area is 251 Å². The van der Waals surface area contributed by atoms with Crippen molar-refractivity contribution in [3.8, 4) is 11.1 Å². The summed E-state index contributed by atoms with van der Waals surface area (Å²) < 4.78 is 34.1. The largest absolute Gasteiger partial charge is 0.469 e. The number of halogens is 3. The summed E-state index contributed by atoms with van der Waals surface area (Å²) in [5, 5.41) is 2.72. The third-order valence-electron chi connectivity index (χ3n) is 7.96. The quantitative estimate of drug-likeness (QED) is 0.287. The van der Waals surface area contributed by atoms with Crippen molar-refractivity contribution in [3.05, 3.63) is 92.4 Å². The molecule has 2 amide bonds. The molecule has 2 atom stereocenters. The number of amides is 2. The Balaban J connectivity index is 1.56. The zero-order valence-electron chi connectivity index (χ0n) is 23.6. The average molecular weight is 610 g/mol. The minimum atomic E-state index is -0.919. The van der Waals surface area contributed by atoms with E-state index >= 15 is 0 Å². The summed E-state index contributed by atoms with van der Waals surface area (Å²) in [6.07, 6.45) is 2.90. The van der Waals surface area contributed by atoms with Gasteiger partial charge in [0.1, 0.15) is 5.82 Å². The van der Waals surface area contributed by atoms with Gasteiger partial charge in [-0.3, -0.25) is 19.2 Å². The van der Waals surface area contributed by atoms with Crippen LogP contribution in [0.3, 0.4) is 0 Å². The minimum absolute atomic E-state index is 0.00741. The number of methoxy groups -OCH3 is 1. The number of fused-ring (bicyclic) bond motifs is 4. The molecule has 1 aromatic heterocycles. The monoisotopic (exact) mass is 609 g/mol. The first-order valence-corrected chi connectivity index (χ1v) is 14.3. The van der Waals surface area contributed by atoms with Crippen LogP contribution in [0.15, 0.2) is 53.3 Å². The van der Waals surface area contributed by atoms with E-state index in [9.17, 15) is 28.0 Å². The molecule has 2 bridgehead atoms. The maximum absolute atomic E-state index is 14.7. The van der Waals surface area contributed by atoms with Crippen LogP contribution in [0.5, 0.6) is 0 Å². The first kappa shape index (κ1) is 30.2. The highest BCUT2D eigenvalue weighted by atomic mass is 35.5. The Morgan fingerprint density at radius 3 is 2.63 bits per heavy atom. The third-order valence-corrected chi connectivity index (χ3v) is 8.25. The molecule has 3 aromatic rings. The number of hydrogen-bond donors (Lipinski definition) is 2. The van der Waals surface area contributed by atoms with Crippen LogP contribution in [0.25, 0.3) is 16.7 Å². The minimum Gasteiger partial charge on any atom is -0.469 e. The molecule has 2 N–H and O–H groups in total. The van der Waals surface area contributed by atoms with Gasteiger partial charge in [-0.2, -0.15) is 0 Å². The molecule has 11 heteroatoms. The summed E-state index contributed by atoms with van der Waals surface area (Å²) in [5.41, 5.74) is 2.13. The fourth-order valence-corrected chi connectivity index (χ4v) is 5.82. The second-order valence-electron chi connectivity index (χ2n) is 10.8. The molecule has 0 spiro atoms. The van der Waals surface area contributed by atoms with Gasteiger partial charge >= 0.3 is 5.97 Å². The summed E-state index contributed by atoms with van der Waals surface area (Å²) in [4.78, 5) is 55.9. The Hall–Kier alpha value is -4.31. The maximum Gasteiger partial charge on any atom is 0.309 e. The predicted molar refractivity (Wildman–Crippen MR) is 158 cm³/mol. The number of pyridine rings is 1. The van der Waals surface area contributed by atoms with E-state index in [1.54, 1.807) is 29.2 Å².